The van der Waals surface area contributed by atoms with Crippen LogP contribution in [0.15, 0.2) is 65.3 Å². The number of hydrogen-bond donors (Lipinski definition) is 1. The van der Waals surface area contributed by atoms with E-state index in [4.69, 9.17) is 25.5 Å². The Morgan fingerprint density at radius 2 is 1.79 bits per heavy atom. The lowest BCUT2D eigenvalue weighted by Crippen LogP contribution is -2.17. The highest BCUT2D eigenvalue weighted by molar-refractivity contribution is 6.34. The predicted octanol–water partition coefficient (Wildman–Crippen LogP) is 5.17. The maximum atomic E-state index is 13.2. The number of fused-ring (bicyclic) bond motifs is 2. The number of rotatable bonds is 3. The molecule has 1 amide bonds. The molecule has 0 aliphatic carbocycles. The predicted molar refractivity (Wildman–Crippen MR) is 110 cm³/mol. The van der Waals surface area contributed by atoms with Gasteiger partial charge in [-0.1, -0.05) is 29.8 Å². The molecule has 6 nitrogen and oxygen atoms in total. The third-order valence-electron chi connectivity index (χ3n) is 4.61. The molecular formula is C22H15ClN2O4. The molecule has 3 heterocycles. The lowest BCUT2D eigenvalue weighted by Gasteiger charge is -2.20. The Balaban J connectivity index is 1.56. The standard InChI is InChI=1S/C22H15ClN2O4/c23-15-11-20-21(29-9-8-28-20)12-17(15)25-22(26)14-10-18(19-6-3-7-27-19)24-16-5-2-1-4-13(14)16/h1-7,10-12H,8-9H2,(H,25,26). The molecule has 0 atom stereocenters. The van der Waals surface area contributed by atoms with Gasteiger partial charge in [-0.25, -0.2) is 4.98 Å². The van der Waals surface area contributed by atoms with Crippen LogP contribution in [-0.4, -0.2) is 24.1 Å². The van der Waals surface area contributed by atoms with E-state index in [1.165, 1.54) is 0 Å². The summed E-state index contributed by atoms with van der Waals surface area (Å²) < 4.78 is 16.6. The number of furan rings is 1. The molecule has 0 radical (unpaired) electrons. The maximum Gasteiger partial charge on any atom is 0.256 e. The van der Waals surface area contributed by atoms with E-state index in [1.54, 1.807) is 36.6 Å². The molecule has 1 aliphatic rings. The van der Waals surface area contributed by atoms with Crippen LogP contribution in [-0.2, 0) is 0 Å². The van der Waals surface area contributed by atoms with Crippen molar-refractivity contribution in [2.24, 2.45) is 0 Å². The van der Waals surface area contributed by atoms with Gasteiger partial charge in [-0.15, -0.1) is 0 Å². The fraction of sp³-hybridized carbons (Fsp3) is 0.0909. The largest absolute Gasteiger partial charge is 0.486 e. The number of benzene rings is 2. The summed E-state index contributed by atoms with van der Waals surface area (Å²) in [5, 5.41) is 3.97. The molecule has 7 heteroatoms. The smallest absolute Gasteiger partial charge is 0.256 e. The lowest BCUT2D eigenvalue weighted by molar-refractivity contribution is 0.102. The third-order valence-corrected chi connectivity index (χ3v) is 4.93. The van der Waals surface area contributed by atoms with Gasteiger partial charge >= 0.3 is 0 Å². The Labute approximate surface area is 171 Å². The first-order valence-corrected chi connectivity index (χ1v) is 9.41. The summed E-state index contributed by atoms with van der Waals surface area (Å²) in [6.07, 6.45) is 1.57. The van der Waals surface area contributed by atoms with Crippen molar-refractivity contribution in [3.05, 3.63) is 71.4 Å². The molecule has 0 saturated carbocycles. The van der Waals surface area contributed by atoms with Gasteiger partial charge in [0.15, 0.2) is 17.3 Å². The number of hydrogen-bond acceptors (Lipinski definition) is 5. The molecule has 2 aromatic carbocycles. The first-order valence-electron chi connectivity index (χ1n) is 9.03. The van der Waals surface area contributed by atoms with Crippen molar-refractivity contribution in [2.75, 3.05) is 18.5 Å². The van der Waals surface area contributed by atoms with E-state index in [0.29, 0.717) is 58.0 Å². The number of nitrogens with one attached hydrogen (secondary N) is 1. The number of carbonyl (C=O) groups is 1. The van der Waals surface area contributed by atoms with Crippen molar-refractivity contribution >= 4 is 34.1 Å². The number of pyridine rings is 1. The molecule has 1 aliphatic heterocycles. The van der Waals surface area contributed by atoms with Crippen LogP contribution in [0.1, 0.15) is 10.4 Å². The molecule has 0 fully saturated rings. The molecule has 0 bridgehead atoms. The Bertz CT molecular complexity index is 1220. The SMILES string of the molecule is O=C(Nc1cc2c(cc1Cl)OCCO2)c1cc(-c2ccco2)nc2ccccc12. The summed E-state index contributed by atoms with van der Waals surface area (Å²) in [5.74, 6) is 1.39. The van der Waals surface area contributed by atoms with E-state index < -0.39 is 0 Å². The molecule has 2 aromatic heterocycles. The number of nitrogens with zero attached hydrogens (tertiary/aromatic N) is 1. The molecule has 29 heavy (non-hydrogen) atoms. The van der Waals surface area contributed by atoms with Gasteiger partial charge in [-0.3, -0.25) is 4.79 Å². The first-order chi connectivity index (χ1) is 14.2. The lowest BCUT2D eigenvalue weighted by atomic mass is 10.1. The second-order valence-corrected chi connectivity index (χ2v) is 6.89. The fourth-order valence-corrected chi connectivity index (χ4v) is 3.46. The van der Waals surface area contributed by atoms with Crippen molar-refractivity contribution in [3.63, 3.8) is 0 Å². The quantitative estimate of drug-likeness (QED) is 0.508. The van der Waals surface area contributed by atoms with Gasteiger partial charge in [0.1, 0.15) is 18.9 Å². The van der Waals surface area contributed by atoms with Crippen LogP contribution in [0.2, 0.25) is 5.02 Å². The molecule has 0 spiro atoms. The van der Waals surface area contributed by atoms with Crippen LogP contribution in [0.5, 0.6) is 11.5 Å². The van der Waals surface area contributed by atoms with Crippen molar-refractivity contribution in [1.82, 2.24) is 4.98 Å². The zero-order chi connectivity index (χ0) is 19.8. The van der Waals surface area contributed by atoms with Crippen molar-refractivity contribution < 1.29 is 18.7 Å². The fourth-order valence-electron chi connectivity index (χ4n) is 3.26. The normalized spacial score (nSPS) is 12.7. The average molecular weight is 407 g/mol. The number of ether oxygens (including phenoxy) is 2. The number of anilines is 1. The van der Waals surface area contributed by atoms with E-state index in [-0.39, 0.29) is 5.91 Å². The highest BCUT2D eigenvalue weighted by atomic mass is 35.5. The summed E-state index contributed by atoms with van der Waals surface area (Å²) in [5.41, 5.74) is 2.18. The minimum absolute atomic E-state index is 0.310. The zero-order valence-corrected chi connectivity index (χ0v) is 15.9. The van der Waals surface area contributed by atoms with Crippen molar-refractivity contribution in [2.45, 2.75) is 0 Å². The van der Waals surface area contributed by atoms with Crippen LogP contribution in [0.4, 0.5) is 5.69 Å². The second kappa shape index (κ2) is 7.14. The Hall–Kier alpha value is -3.51. The van der Waals surface area contributed by atoms with E-state index in [9.17, 15) is 4.79 Å². The number of amides is 1. The van der Waals surface area contributed by atoms with E-state index in [1.807, 2.05) is 24.3 Å². The molecule has 0 unspecified atom stereocenters. The van der Waals surface area contributed by atoms with Crippen molar-refractivity contribution in [3.8, 4) is 23.0 Å². The van der Waals surface area contributed by atoms with Gasteiger partial charge in [0.25, 0.3) is 5.91 Å². The van der Waals surface area contributed by atoms with E-state index in [0.717, 1.165) is 5.39 Å². The van der Waals surface area contributed by atoms with Gasteiger partial charge in [0.05, 0.1) is 28.1 Å². The number of carbonyl (C=O) groups excluding carboxylic acids is 1. The van der Waals surface area contributed by atoms with Gasteiger partial charge in [-0.2, -0.15) is 0 Å². The monoisotopic (exact) mass is 406 g/mol. The highest BCUT2D eigenvalue weighted by Crippen LogP contribution is 2.38. The summed E-state index contributed by atoms with van der Waals surface area (Å²) in [4.78, 5) is 17.8. The van der Waals surface area contributed by atoms with E-state index in [2.05, 4.69) is 10.3 Å². The van der Waals surface area contributed by atoms with E-state index >= 15 is 0 Å². The summed E-state index contributed by atoms with van der Waals surface area (Å²) in [6, 6.07) is 16.1. The average Bonchev–Trinajstić information content (AvgIpc) is 3.28. The minimum Gasteiger partial charge on any atom is -0.486 e. The molecule has 0 saturated heterocycles. The number of halogens is 1. The Kier molecular flexibility index (Phi) is 4.33. The van der Waals surface area contributed by atoms with Crippen LogP contribution < -0.4 is 14.8 Å². The first kappa shape index (κ1) is 17.6. The van der Waals surface area contributed by atoms with Gasteiger partial charge < -0.3 is 19.2 Å². The van der Waals surface area contributed by atoms with Crippen LogP contribution in [0.25, 0.3) is 22.4 Å². The molecule has 144 valence electrons. The molecular weight excluding hydrogens is 392 g/mol. The topological polar surface area (TPSA) is 73.6 Å². The third kappa shape index (κ3) is 3.28. The second-order valence-electron chi connectivity index (χ2n) is 6.48. The van der Waals surface area contributed by atoms with Gasteiger partial charge in [0, 0.05) is 17.5 Å². The van der Waals surface area contributed by atoms with Gasteiger partial charge in [-0.05, 0) is 24.3 Å². The molecule has 1 N–H and O–H groups in total. The number of aromatic nitrogens is 1. The maximum absolute atomic E-state index is 13.2. The Morgan fingerprint density at radius 1 is 1.00 bits per heavy atom. The molecule has 5 rings (SSSR count). The minimum atomic E-state index is -0.310. The van der Waals surface area contributed by atoms with Crippen LogP contribution in [0, 0.1) is 0 Å². The zero-order valence-electron chi connectivity index (χ0n) is 15.1. The summed E-state index contributed by atoms with van der Waals surface area (Å²) >= 11 is 6.35. The molecule has 4 aromatic rings. The van der Waals surface area contributed by atoms with Crippen molar-refractivity contribution in [1.29, 1.82) is 0 Å². The van der Waals surface area contributed by atoms with Crippen LogP contribution in [0.3, 0.4) is 0 Å². The summed E-state index contributed by atoms with van der Waals surface area (Å²) in [6.45, 7) is 0.914. The summed E-state index contributed by atoms with van der Waals surface area (Å²) in [7, 11) is 0. The number of para-hydroxylation sites is 1. The van der Waals surface area contributed by atoms with Gasteiger partial charge in [0.2, 0.25) is 0 Å². The Morgan fingerprint density at radius 3 is 2.59 bits per heavy atom. The van der Waals surface area contributed by atoms with Crippen LogP contribution >= 0.6 is 11.6 Å². The highest BCUT2D eigenvalue weighted by Gasteiger charge is 2.19.